The monoisotopic (exact) mass is 122 g/mol. The lowest BCUT2D eigenvalue weighted by atomic mass is 10.5. The average Bonchev–Trinajstić information content (AvgIpc) is 2.19. The predicted molar refractivity (Wildman–Crippen MR) is 31.6 cm³/mol. The summed E-state index contributed by atoms with van der Waals surface area (Å²) in [6, 6.07) is 0. The van der Waals surface area contributed by atoms with Crippen molar-refractivity contribution >= 4 is 24.2 Å². The van der Waals surface area contributed by atoms with Gasteiger partial charge in [-0.3, -0.25) is 0 Å². The van der Waals surface area contributed by atoms with Crippen LogP contribution >= 0.6 is 24.2 Å². The van der Waals surface area contributed by atoms with Gasteiger partial charge in [-0.1, -0.05) is 0 Å². The standard InChI is InChI=1S/C4H7ClS/c5-4-1-3(4)2-6/h3-4,6H,1-2H2. The van der Waals surface area contributed by atoms with Gasteiger partial charge < -0.3 is 0 Å². The molecule has 0 radical (unpaired) electrons. The van der Waals surface area contributed by atoms with E-state index in [0.29, 0.717) is 5.38 Å². The zero-order chi connectivity index (χ0) is 4.57. The fourth-order valence-electron chi connectivity index (χ4n) is 0.400. The molecule has 0 nitrogen and oxygen atoms in total. The van der Waals surface area contributed by atoms with Crippen molar-refractivity contribution in [1.82, 2.24) is 0 Å². The molecule has 1 fully saturated rings. The third kappa shape index (κ3) is 0.824. The number of hydrogen-bond acceptors (Lipinski definition) is 1. The predicted octanol–water partition coefficient (Wildman–Crippen LogP) is 1.54. The summed E-state index contributed by atoms with van der Waals surface area (Å²) in [5, 5.41) is 0.461. The van der Waals surface area contributed by atoms with Gasteiger partial charge in [0.05, 0.1) is 0 Å². The maximum Gasteiger partial charge on any atom is 0.0376 e. The summed E-state index contributed by atoms with van der Waals surface area (Å²) in [6.45, 7) is 0. The van der Waals surface area contributed by atoms with E-state index in [1.54, 1.807) is 0 Å². The van der Waals surface area contributed by atoms with Gasteiger partial charge in [-0.25, -0.2) is 0 Å². The Morgan fingerprint density at radius 2 is 2.33 bits per heavy atom. The molecular formula is C4H7ClS. The highest BCUT2D eigenvalue weighted by Crippen LogP contribution is 2.36. The van der Waals surface area contributed by atoms with Crippen molar-refractivity contribution in [2.45, 2.75) is 11.8 Å². The minimum absolute atomic E-state index is 0.461. The summed E-state index contributed by atoms with van der Waals surface area (Å²) in [4.78, 5) is 0. The molecule has 1 rings (SSSR count). The fraction of sp³-hybridized carbons (Fsp3) is 1.00. The molecule has 2 heteroatoms. The molecule has 36 valence electrons. The summed E-state index contributed by atoms with van der Waals surface area (Å²) in [5.74, 6) is 1.70. The lowest BCUT2D eigenvalue weighted by molar-refractivity contribution is 1.01. The van der Waals surface area contributed by atoms with Crippen molar-refractivity contribution in [1.29, 1.82) is 0 Å². The van der Waals surface area contributed by atoms with E-state index in [-0.39, 0.29) is 0 Å². The molecule has 0 aromatic rings. The van der Waals surface area contributed by atoms with E-state index in [1.165, 1.54) is 6.42 Å². The van der Waals surface area contributed by atoms with Gasteiger partial charge >= 0.3 is 0 Å². The van der Waals surface area contributed by atoms with Crippen LogP contribution in [0.3, 0.4) is 0 Å². The fourth-order valence-corrected chi connectivity index (χ4v) is 1.25. The van der Waals surface area contributed by atoms with E-state index in [2.05, 4.69) is 12.6 Å². The van der Waals surface area contributed by atoms with Crippen molar-refractivity contribution in [2.24, 2.45) is 5.92 Å². The van der Waals surface area contributed by atoms with Gasteiger partial charge in [0, 0.05) is 5.38 Å². The van der Waals surface area contributed by atoms with Crippen LogP contribution in [-0.2, 0) is 0 Å². The highest BCUT2D eigenvalue weighted by molar-refractivity contribution is 7.80. The van der Waals surface area contributed by atoms with Crippen molar-refractivity contribution in [3.05, 3.63) is 0 Å². The molecule has 1 aliphatic carbocycles. The third-order valence-electron chi connectivity index (χ3n) is 1.07. The lowest BCUT2D eigenvalue weighted by Crippen LogP contribution is -1.76. The Hall–Kier alpha value is 0.640. The highest BCUT2D eigenvalue weighted by Gasteiger charge is 2.33. The molecule has 0 N–H and O–H groups in total. The van der Waals surface area contributed by atoms with E-state index in [4.69, 9.17) is 11.6 Å². The number of hydrogen-bond donors (Lipinski definition) is 1. The molecule has 2 unspecified atom stereocenters. The van der Waals surface area contributed by atoms with Gasteiger partial charge in [-0.2, -0.15) is 12.6 Å². The largest absolute Gasteiger partial charge is 0.179 e. The van der Waals surface area contributed by atoms with E-state index >= 15 is 0 Å². The van der Waals surface area contributed by atoms with Crippen molar-refractivity contribution in [2.75, 3.05) is 5.75 Å². The number of halogens is 1. The zero-order valence-corrected chi connectivity index (χ0v) is 5.04. The lowest BCUT2D eigenvalue weighted by Gasteiger charge is -1.77. The first kappa shape index (κ1) is 4.79. The Bertz CT molecular complexity index is 53.5. The second kappa shape index (κ2) is 1.63. The van der Waals surface area contributed by atoms with Gasteiger partial charge in [0.1, 0.15) is 0 Å². The summed E-state index contributed by atoms with van der Waals surface area (Å²) >= 11 is 9.66. The van der Waals surface area contributed by atoms with Crippen LogP contribution < -0.4 is 0 Å². The first-order chi connectivity index (χ1) is 2.84. The van der Waals surface area contributed by atoms with Crippen LogP contribution in [0.4, 0.5) is 0 Å². The summed E-state index contributed by atoms with van der Waals surface area (Å²) in [6.07, 6.45) is 1.19. The van der Waals surface area contributed by atoms with E-state index in [9.17, 15) is 0 Å². The Morgan fingerprint density at radius 1 is 1.83 bits per heavy atom. The highest BCUT2D eigenvalue weighted by atomic mass is 35.5. The van der Waals surface area contributed by atoms with Crippen molar-refractivity contribution in [3.8, 4) is 0 Å². The maximum absolute atomic E-state index is 5.60. The van der Waals surface area contributed by atoms with E-state index < -0.39 is 0 Å². The molecule has 6 heavy (non-hydrogen) atoms. The van der Waals surface area contributed by atoms with Crippen LogP contribution in [0.1, 0.15) is 6.42 Å². The molecule has 2 atom stereocenters. The normalized spacial score (nSPS) is 43.0. The smallest absolute Gasteiger partial charge is 0.0376 e. The Balaban J connectivity index is 2.09. The summed E-state index contributed by atoms with van der Waals surface area (Å²) in [5.41, 5.74) is 0. The Kier molecular flexibility index (Phi) is 1.30. The summed E-state index contributed by atoms with van der Waals surface area (Å²) in [7, 11) is 0. The zero-order valence-electron chi connectivity index (χ0n) is 3.39. The van der Waals surface area contributed by atoms with Gasteiger partial charge in [0.25, 0.3) is 0 Å². The molecular weight excluding hydrogens is 116 g/mol. The Morgan fingerprint density at radius 3 is 2.33 bits per heavy atom. The second-order valence-electron chi connectivity index (χ2n) is 1.69. The number of rotatable bonds is 1. The van der Waals surface area contributed by atoms with Crippen molar-refractivity contribution < 1.29 is 0 Å². The molecule has 0 aliphatic heterocycles. The van der Waals surface area contributed by atoms with Crippen LogP contribution in [0.2, 0.25) is 0 Å². The molecule has 0 aromatic heterocycles. The minimum atomic E-state index is 0.461. The van der Waals surface area contributed by atoms with Gasteiger partial charge in [-0.15, -0.1) is 11.6 Å². The Labute approximate surface area is 48.3 Å². The molecule has 0 bridgehead atoms. The summed E-state index contributed by atoms with van der Waals surface area (Å²) < 4.78 is 0. The average molecular weight is 123 g/mol. The van der Waals surface area contributed by atoms with Gasteiger partial charge in [-0.05, 0) is 18.1 Å². The molecule has 0 spiro atoms. The van der Waals surface area contributed by atoms with Crippen LogP contribution in [0, 0.1) is 5.92 Å². The van der Waals surface area contributed by atoms with Crippen LogP contribution in [0.25, 0.3) is 0 Å². The van der Waals surface area contributed by atoms with Crippen LogP contribution in [-0.4, -0.2) is 11.1 Å². The minimum Gasteiger partial charge on any atom is -0.179 e. The SMILES string of the molecule is SCC1CC1Cl. The first-order valence-electron chi connectivity index (χ1n) is 2.09. The topological polar surface area (TPSA) is 0 Å². The van der Waals surface area contributed by atoms with Crippen LogP contribution in [0.5, 0.6) is 0 Å². The van der Waals surface area contributed by atoms with Gasteiger partial charge in [0.15, 0.2) is 0 Å². The molecule has 0 heterocycles. The number of alkyl halides is 1. The van der Waals surface area contributed by atoms with Crippen LogP contribution in [0.15, 0.2) is 0 Å². The van der Waals surface area contributed by atoms with Crippen molar-refractivity contribution in [3.63, 3.8) is 0 Å². The molecule has 0 aromatic carbocycles. The number of thiol groups is 1. The molecule has 0 saturated heterocycles. The third-order valence-corrected chi connectivity index (χ3v) is 2.07. The molecule has 0 amide bonds. The quantitative estimate of drug-likeness (QED) is 0.396. The first-order valence-corrected chi connectivity index (χ1v) is 3.16. The molecule has 1 aliphatic rings. The second-order valence-corrected chi connectivity index (χ2v) is 2.62. The van der Waals surface area contributed by atoms with Gasteiger partial charge in [0.2, 0.25) is 0 Å². The van der Waals surface area contributed by atoms with E-state index in [0.717, 1.165) is 11.7 Å². The van der Waals surface area contributed by atoms with E-state index in [1.807, 2.05) is 0 Å². The molecule has 1 saturated carbocycles. The maximum atomic E-state index is 5.60.